The summed E-state index contributed by atoms with van der Waals surface area (Å²) in [7, 11) is 0. The average molecular weight is 319 g/mol. The Bertz CT molecular complexity index is 475. The smallest absolute Gasteiger partial charge is 0.310 e. The molecule has 0 aromatic heterocycles. The fraction of sp³-hybridized carbons (Fsp3) is 0.571. The number of nitro benzene ring substituents is 1. The third-order valence-corrected chi connectivity index (χ3v) is 2.61. The van der Waals surface area contributed by atoms with E-state index in [2.05, 4.69) is 5.32 Å². The fourth-order valence-corrected chi connectivity index (χ4v) is 1.56. The Balaban J connectivity index is 0.00000400. The van der Waals surface area contributed by atoms with Gasteiger partial charge in [0.05, 0.1) is 4.92 Å². The highest BCUT2D eigenvalue weighted by molar-refractivity contribution is 5.85. The summed E-state index contributed by atoms with van der Waals surface area (Å²) in [6, 6.07) is 4.66. The zero-order valence-electron chi connectivity index (χ0n) is 12.8. The van der Waals surface area contributed by atoms with Crippen LogP contribution in [-0.4, -0.2) is 34.8 Å². The van der Waals surface area contributed by atoms with Crippen LogP contribution >= 0.6 is 12.4 Å². The standard InChI is InChI=1S/C14H22N2O4.ClH/c1-10-5-6-12(16(18)19)13(7-10)20-9-11(17)8-15-14(2,3)4;/h5-7,11,15,17H,8-9H2,1-4H3;1H. The number of aliphatic hydroxyl groups is 1. The minimum absolute atomic E-state index is 0. The second kappa shape index (κ2) is 8.17. The van der Waals surface area contributed by atoms with Gasteiger partial charge in [0.1, 0.15) is 12.7 Å². The molecule has 0 radical (unpaired) electrons. The Hall–Kier alpha value is -1.37. The number of aryl methyl sites for hydroxylation is 1. The highest BCUT2D eigenvalue weighted by Crippen LogP contribution is 2.27. The maximum absolute atomic E-state index is 10.9. The van der Waals surface area contributed by atoms with Crippen LogP contribution in [0.15, 0.2) is 18.2 Å². The van der Waals surface area contributed by atoms with E-state index in [1.54, 1.807) is 12.1 Å². The van der Waals surface area contributed by atoms with E-state index in [0.29, 0.717) is 6.54 Å². The molecule has 0 aliphatic rings. The molecule has 0 saturated carbocycles. The molecule has 7 heteroatoms. The van der Waals surface area contributed by atoms with E-state index in [-0.39, 0.29) is 36.0 Å². The predicted molar refractivity (Wildman–Crippen MR) is 84.3 cm³/mol. The molecule has 0 aliphatic heterocycles. The molecule has 1 unspecified atom stereocenters. The van der Waals surface area contributed by atoms with Crippen LogP contribution in [0.2, 0.25) is 0 Å². The van der Waals surface area contributed by atoms with E-state index in [4.69, 9.17) is 4.74 Å². The van der Waals surface area contributed by atoms with Gasteiger partial charge < -0.3 is 15.2 Å². The Kier molecular flexibility index (Phi) is 7.63. The zero-order chi connectivity index (χ0) is 15.3. The highest BCUT2D eigenvalue weighted by Gasteiger charge is 2.17. The van der Waals surface area contributed by atoms with Gasteiger partial charge in [0.15, 0.2) is 5.75 Å². The number of ether oxygens (including phenoxy) is 1. The summed E-state index contributed by atoms with van der Waals surface area (Å²) in [5, 5.41) is 23.8. The normalized spacial score (nSPS) is 12.4. The largest absolute Gasteiger partial charge is 0.484 e. The molecule has 2 N–H and O–H groups in total. The van der Waals surface area contributed by atoms with Gasteiger partial charge in [0.2, 0.25) is 0 Å². The van der Waals surface area contributed by atoms with Gasteiger partial charge >= 0.3 is 5.69 Å². The summed E-state index contributed by atoms with van der Waals surface area (Å²) in [5.41, 5.74) is 0.676. The van der Waals surface area contributed by atoms with Crippen LogP contribution in [0, 0.1) is 17.0 Å². The van der Waals surface area contributed by atoms with Crippen molar-refractivity contribution in [1.82, 2.24) is 5.32 Å². The lowest BCUT2D eigenvalue weighted by Gasteiger charge is -2.22. The first kappa shape index (κ1) is 19.6. The van der Waals surface area contributed by atoms with E-state index in [0.717, 1.165) is 5.56 Å². The number of nitro groups is 1. The molecule has 0 heterocycles. The average Bonchev–Trinajstić information content (AvgIpc) is 2.32. The third-order valence-electron chi connectivity index (χ3n) is 2.61. The molecule has 0 fully saturated rings. The number of hydrogen-bond acceptors (Lipinski definition) is 5. The van der Waals surface area contributed by atoms with E-state index < -0.39 is 11.0 Å². The predicted octanol–water partition coefficient (Wildman–Crippen LogP) is 2.45. The van der Waals surface area contributed by atoms with Crippen molar-refractivity contribution in [1.29, 1.82) is 0 Å². The quantitative estimate of drug-likeness (QED) is 0.621. The lowest BCUT2D eigenvalue weighted by Crippen LogP contribution is -2.42. The van der Waals surface area contributed by atoms with Gasteiger partial charge in [-0.1, -0.05) is 6.07 Å². The van der Waals surface area contributed by atoms with Gasteiger partial charge in [-0.05, 0) is 39.3 Å². The summed E-state index contributed by atoms with van der Waals surface area (Å²) in [6.45, 7) is 8.18. The monoisotopic (exact) mass is 318 g/mol. The first-order chi connectivity index (χ1) is 9.19. The van der Waals surface area contributed by atoms with Crippen LogP contribution in [0.25, 0.3) is 0 Å². The van der Waals surface area contributed by atoms with E-state index in [1.165, 1.54) is 6.07 Å². The van der Waals surface area contributed by atoms with Crippen molar-refractivity contribution in [2.75, 3.05) is 13.2 Å². The second-order valence-electron chi connectivity index (χ2n) is 5.82. The summed E-state index contributed by atoms with van der Waals surface area (Å²) in [4.78, 5) is 10.4. The van der Waals surface area contributed by atoms with Crippen LogP contribution in [-0.2, 0) is 0 Å². The van der Waals surface area contributed by atoms with Crippen molar-refractivity contribution >= 4 is 18.1 Å². The second-order valence-corrected chi connectivity index (χ2v) is 5.82. The number of nitrogens with zero attached hydrogens (tertiary/aromatic N) is 1. The zero-order valence-corrected chi connectivity index (χ0v) is 13.6. The topological polar surface area (TPSA) is 84.6 Å². The molecule has 1 aromatic carbocycles. The summed E-state index contributed by atoms with van der Waals surface area (Å²) in [6.07, 6.45) is -0.727. The Morgan fingerprint density at radius 2 is 2.05 bits per heavy atom. The van der Waals surface area contributed by atoms with Crippen LogP contribution in [0.1, 0.15) is 26.3 Å². The Labute approximate surface area is 131 Å². The lowest BCUT2D eigenvalue weighted by molar-refractivity contribution is -0.385. The van der Waals surface area contributed by atoms with E-state index in [9.17, 15) is 15.2 Å². The van der Waals surface area contributed by atoms with Crippen molar-refractivity contribution in [2.45, 2.75) is 39.3 Å². The first-order valence-electron chi connectivity index (χ1n) is 6.50. The van der Waals surface area contributed by atoms with Gasteiger partial charge in [-0.3, -0.25) is 10.1 Å². The maximum atomic E-state index is 10.9. The molecule has 120 valence electrons. The van der Waals surface area contributed by atoms with Gasteiger partial charge in [-0.15, -0.1) is 12.4 Å². The molecule has 21 heavy (non-hydrogen) atoms. The molecular weight excluding hydrogens is 296 g/mol. The van der Waals surface area contributed by atoms with Crippen LogP contribution < -0.4 is 10.1 Å². The molecule has 1 atom stereocenters. The number of rotatable bonds is 6. The van der Waals surface area contributed by atoms with Gasteiger partial charge in [-0.2, -0.15) is 0 Å². The molecule has 0 bridgehead atoms. The first-order valence-corrected chi connectivity index (χ1v) is 6.50. The SMILES string of the molecule is Cc1ccc([N+](=O)[O-])c(OCC(O)CNC(C)(C)C)c1.Cl. The number of hydrogen-bond donors (Lipinski definition) is 2. The van der Waals surface area contributed by atoms with Gasteiger partial charge in [0, 0.05) is 18.2 Å². The van der Waals surface area contributed by atoms with Crippen molar-refractivity contribution < 1.29 is 14.8 Å². The number of β-amino-alcohol motifs (C(OH)–C–C–N with tert-alkyl or cyclic N) is 1. The number of halogens is 1. The number of aliphatic hydroxyl groups excluding tert-OH is 1. The number of nitrogens with one attached hydrogen (secondary N) is 1. The molecule has 6 nitrogen and oxygen atoms in total. The molecule has 0 spiro atoms. The van der Waals surface area contributed by atoms with E-state index in [1.807, 2.05) is 27.7 Å². The highest BCUT2D eigenvalue weighted by atomic mass is 35.5. The van der Waals surface area contributed by atoms with Crippen LogP contribution in [0.3, 0.4) is 0 Å². The Morgan fingerprint density at radius 1 is 1.43 bits per heavy atom. The maximum Gasteiger partial charge on any atom is 0.310 e. The van der Waals surface area contributed by atoms with E-state index >= 15 is 0 Å². The molecule has 1 rings (SSSR count). The number of benzene rings is 1. The summed E-state index contributed by atoms with van der Waals surface area (Å²) in [5.74, 6) is 0.185. The van der Waals surface area contributed by atoms with Gasteiger partial charge in [-0.25, -0.2) is 0 Å². The molecule has 0 saturated heterocycles. The summed E-state index contributed by atoms with van der Waals surface area (Å²) >= 11 is 0. The van der Waals surface area contributed by atoms with Crippen molar-refractivity contribution in [3.8, 4) is 5.75 Å². The molecule has 0 amide bonds. The van der Waals surface area contributed by atoms with Crippen LogP contribution in [0.4, 0.5) is 5.69 Å². The minimum Gasteiger partial charge on any atom is -0.484 e. The van der Waals surface area contributed by atoms with Crippen molar-refractivity contribution in [3.05, 3.63) is 33.9 Å². The van der Waals surface area contributed by atoms with Crippen molar-refractivity contribution in [2.24, 2.45) is 0 Å². The molecular formula is C14H23ClN2O4. The van der Waals surface area contributed by atoms with Crippen LogP contribution in [0.5, 0.6) is 5.75 Å². The van der Waals surface area contributed by atoms with Crippen molar-refractivity contribution in [3.63, 3.8) is 0 Å². The Morgan fingerprint density at radius 3 is 2.57 bits per heavy atom. The summed E-state index contributed by atoms with van der Waals surface area (Å²) < 4.78 is 5.37. The third kappa shape index (κ3) is 7.27. The van der Waals surface area contributed by atoms with Gasteiger partial charge in [0.25, 0.3) is 0 Å². The minimum atomic E-state index is -0.727. The molecule has 1 aromatic rings. The molecule has 0 aliphatic carbocycles. The fourth-order valence-electron chi connectivity index (χ4n) is 1.56. The lowest BCUT2D eigenvalue weighted by atomic mass is 10.1.